The summed E-state index contributed by atoms with van der Waals surface area (Å²) in [6.45, 7) is 3.96. The van der Waals surface area contributed by atoms with Crippen LogP contribution in [-0.2, 0) is 12.6 Å². The van der Waals surface area contributed by atoms with Gasteiger partial charge < -0.3 is 12.6 Å². The molecule has 5 heavy (non-hydrogen) atoms. The van der Waals surface area contributed by atoms with Crippen LogP contribution in [0.15, 0.2) is 0 Å². The molecular formula is C3H7CsS. The zero-order chi connectivity index (χ0) is 3.58. The van der Waals surface area contributed by atoms with E-state index >= 15 is 0 Å². The molecule has 2 heteroatoms. The molecule has 0 unspecified atom stereocenters. The van der Waals surface area contributed by atoms with Gasteiger partial charge in [-0.3, -0.25) is 0 Å². The Balaban J connectivity index is 0. The van der Waals surface area contributed by atoms with Crippen LogP contribution in [0.3, 0.4) is 0 Å². The number of rotatable bonds is 0. The van der Waals surface area contributed by atoms with E-state index in [0.29, 0.717) is 5.25 Å². The maximum Gasteiger partial charge on any atom is 1.00 e. The van der Waals surface area contributed by atoms with Crippen LogP contribution in [0.1, 0.15) is 13.8 Å². The van der Waals surface area contributed by atoms with E-state index in [9.17, 15) is 0 Å². The van der Waals surface area contributed by atoms with Crippen LogP contribution in [0, 0.1) is 0 Å². The Morgan fingerprint density at radius 2 is 1.40 bits per heavy atom. The van der Waals surface area contributed by atoms with Crippen molar-refractivity contribution in [3.63, 3.8) is 0 Å². The van der Waals surface area contributed by atoms with Crippen LogP contribution in [0.2, 0.25) is 0 Å². The molecule has 0 amide bonds. The van der Waals surface area contributed by atoms with Crippen molar-refractivity contribution in [2.45, 2.75) is 19.1 Å². The summed E-state index contributed by atoms with van der Waals surface area (Å²) in [6.07, 6.45) is 0. The molecule has 0 radical (unpaired) electrons. The first kappa shape index (κ1) is 10.4. The molecule has 0 saturated heterocycles. The molecule has 0 aromatic heterocycles. The fourth-order valence-electron chi connectivity index (χ4n) is 0. The second-order valence-corrected chi connectivity index (χ2v) is 1.99. The van der Waals surface area contributed by atoms with Crippen molar-refractivity contribution < 1.29 is 68.9 Å². The van der Waals surface area contributed by atoms with Gasteiger partial charge in [-0.25, -0.2) is 0 Å². The summed E-state index contributed by atoms with van der Waals surface area (Å²) in [6, 6.07) is 0. The third kappa shape index (κ3) is 21.5. The number of hydrogen-bond acceptors (Lipinski definition) is 1. The predicted octanol–water partition coefficient (Wildman–Crippen LogP) is -2.05. The minimum absolute atomic E-state index is 0. The third-order valence-electron chi connectivity index (χ3n) is 0. The Morgan fingerprint density at radius 1 is 1.40 bits per heavy atom. The van der Waals surface area contributed by atoms with Gasteiger partial charge in [0.2, 0.25) is 0 Å². The van der Waals surface area contributed by atoms with Gasteiger partial charge in [-0.2, -0.15) is 5.25 Å². The first-order chi connectivity index (χ1) is 1.73. The molecule has 0 fully saturated rings. The Labute approximate surface area is 97.9 Å². The molecule has 0 bridgehead atoms. The van der Waals surface area contributed by atoms with Gasteiger partial charge in [0.1, 0.15) is 0 Å². The second-order valence-electron chi connectivity index (χ2n) is 1.05. The molecule has 0 saturated carbocycles. The van der Waals surface area contributed by atoms with Gasteiger partial charge in [0.25, 0.3) is 0 Å². The van der Waals surface area contributed by atoms with E-state index in [1.54, 1.807) is 0 Å². The summed E-state index contributed by atoms with van der Waals surface area (Å²) < 4.78 is 0. The predicted molar refractivity (Wildman–Crippen MR) is 22.5 cm³/mol. The molecule has 0 atom stereocenters. The SMILES string of the molecule is CC(C)[S-].[Cs+]. The van der Waals surface area contributed by atoms with Crippen molar-refractivity contribution in [1.29, 1.82) is 0 Å². The molecule has 0 rings (SSSR count). The molecule has 0 N–H and O–H groups in total. The Hall–Kier alpha value is 2.40. The van der Waals surface area contributed by atoms with Crippen LogP contribution in [0.5, 0.6) is 0 Å². The van der Waals surface area contributed by atoms with E-state index < -0.39 is 0 Å². The van der Waals surface area contributed by atoms with Crippen LogP contribution in [0.25, 0.3) is 0 Å². The van der Waals surface area contributed by atoms with Crippen molar-refractivity contribution in [2.24, 2.45) is 0 Å². The first-order valence-corrected chi connectivity index (χ1v) is 1.86. The molecule has 0 aliphatic carbocycles. The average molecular weight is 208 g/mol. The summed E-state index contributed by atoms with van der Waals surface area (Å²) in [5, 5.41) is 0.417. The Morgan fingerprint density at radius 3 is 1.40 bits per heavy atom. The average Bonchev–Trinajstić information content (AvgIpc) is 0.811. The van der Waals surface area contributed by atoms with Gasteiger partial charge in [0.15, 0.2) is 0 Å². The molecular weight excluding hydrogens is 201 g/mol. The molecule has 26 valence electrons. The second kappa shape index (κ2) is 6.40. The fraction of sp³-hybridized carbons (Fsp3) is 1.00. The molecule has 0 heterocycles. The maximum absolute atomic E-state index is 4.62. The van der Waals surface area contributed by atoms with E-state index in [1.807, 2.05) is 13.8 Å². The van der Waals surface area contributed by atoms with Gasteiger partial charge >= 0.3 is 68.9 Å². The van der Waals surface area contributed by atoms with Crippen molar-refractivity contribution in [3.8, 4) is 0 Å². The van der Waals surface area contributed by atoms with Crippen LogP contribution in [0.4, 0.5) is 0 Å². The first-order valence-electron chi connectivity index (χ1n) is 1.39. The topological polar surface area (TPSA) is 0 Å². The zero-order valence-electron chi connectivity index (χ0n) is 3.99. The monoisotopic (exact) mass is 208 g/mol. The standard InChI is InChI=1S/C3H8S.Cs/c1-3(2)4;/h3-4H,1-2H3;/q;+1/p-1. The Kier molecular flexibility index (Phi) is 13.3. The van der Waals surface area contributed by atoms with E-state index in [-0.39, 0.29) is 68.9 Å². The summed E-state index contributed by atoms with van der Waals surface area (Å²) in [5.41, 5.74) is 0. The van der Waals surface area contributed by atoms with Crippen LogP contribution < -0.4 is 68.9 Å². The summed E-state index contributed by atoms with van der Waals surface area (Å²) in [4.78, 5) is 0. The van der Waals surface area contributed by atoms with E-state index in [0.717, 1.165) is 0 Å². The molecule has 0 aromatic carbocycles. The third-order valence-corrected chi connectivity index (χ3v) is 0. The van der Waals surface area contributed by atoms with E-state index in [2.05, 4.69) is 12.6 Å². The van der Waals surface area contributed by atoms with Crippen LogP contribution >= 0.6 is 0 Å². The van der Waals surface area contributed by atoms with Gasteiger partial charge in [0.05, 0.1) is 0 Å². The molecule has 0 nitrogen and oxygen atoms in total. The molecule has 0 aliphatic rings. The largest absolute Gasteiger partial charge is 1.00 e. The molecule has 0 spiro atoms. The summed E-state index contributed by atoms with van der Waals surface area (Å²) >= 11 is 4.62. The minimum atomic E-state index is 0. The van der Waals surface area contributed by atoms with Gasteiger partial charge in [-0.05, 0) is 0 Å². The summed E-state index contributed by atoms with van der Waals surface area (Å²) in [7, 11) is 0. The quantitative estimate of drug-likeness (QED) is 0.413. The fourth-order valence-corrected chi connectivity index (χ4v) is 0. The molecule has 0 aromatic rings. The minimum Gasteiger partial charge on any atom is -0.790 e. The number of hydrogen-bond donors (Lipinski definition) is 0. The Bertz CT molecular complexity index is 11.6. The van der Waals surface area contributed by atoms with E-state index in [1.165, 1.54) is 0 Å². The van der Waals surface area contributed by atoms with Crippen LogP contribution in [-0.4, -0.2) is 5.25 Å². The van der Waals surface area contributed by atoms with Crippen molar-refractivity contribution in [1.82, 2.24) is 0 Å². The van der Waals surface area contributed by atoms with Crippen molar-refractivity contribution in [2.75, 3.05) is 0 Å². The van der Waals surface area contributed by atoms with Gasteiger partial charge in [0, 0.05) is 0 Å². The summed E-state index contributed by atoms with van der Waals surface area (Å²) in [5.74, 6) is 0. The van der Waals surface area contributed by atoms with E-state index in [4.69, 9.17) is 0 Å². The van der Waals surface area contributed by atoms with Crippen molar-refractivity contribution in [3.05, 3.63) is 0 Å². The normalized spacial score (nSPS) is 7.20. The zero-order valence-corrected chi connectivity index (χ0v) is 11.1. The van der Waals surface area contributed by atoms with Gasteiger partial charge in [-0.1, -0.05) is 13.8 Å². The van der Waals surface area contributed by atoms with Gasteiger partial charge in [-0.15, -0.1) is 0 Å². The molecule has 0 aliphatic heterocycles. The van der Waals surface area contributed by atoms with Crippen molar-refractivity contribution >= 4 is 12.6 Å². The maximum atomic E-state index is 4.62. The smallest absolute Gasteiger partial charge is 0.790 e.